The van der Waals surface area contributed by atoms with Gasteiger partial charge in [-0.2, -0.15) is 0 Å². The Morgan fingerprint density at radius 2 is 1.85 bits per heavy atom. The maximum absolute atomic E-state index is 5.51. The van der Waals surface area contributed by atoms with Crippen LogP contribution in [0.2, 0.25) is 0 Å². The summed E-state index contributed by atoms with van der Waals surface area (Å²) in [6.45, 7) is 5.47. The number of aromatic nitrogens is 2. The molecule has 0 amide bonds. The smallest absolute Gasteiger partial charge is 0.177 e. The molecule has 0 bridgehead atoms. The molecule has 108 valence electrons. The van der Waals surface area contributed by atoms with Crippen molar-refractivity contribution in [2.45, 2.75) is 19.9 Å². The summed E-state index contributed by atoms with van der Waals surface area (Å²) in [5.74, 6) is 0.516. The number of nitrogens with zero attached hydrogens (tertiary/aromatic N) is 2. The molecule has 1 aromatic heterocycles. The van der Waals surface area contributed by atoms with E-state index in [4.69, 9.17) is 12.2 Å². The first kappa shape index (κ1) is 15.0. The zero-order chi connectivity index (χ0) is 14.7. The summed E-state index contributed by atoms with van der Waals surface area (Å²) in [6, 6.07) is 10.8. The molecular weight excluding hydrogens is 266 g/mol. The molecule has 0 saturated carbocycles. The molecule has 0 fully saturated rings. The van der Waals surface area contributed by atoms with E-state index in [1.54, 1.807) is 0 Å². The van der Waals surface area contributed by atoms with Crippen LogP contribution >= 0.6 is 12.2 Å². The minimum atomic E-state index is 0.360. The van der Waals surface area contributed by atoms with Crippen LogP contribution < -0.4 is 0 Å². The molecule has 1 heterocycles. The summed E-state index contributed by atoms with van der Waals surface area (Å²) in [4.78, 5) is 5.42. The van der Waals surface area contributed by atoms with Gasteiger partial charge in [-0.05, 0) is 37.8 Å². The molecule has 4 heteroatoms. The summed E-state index contributed by atoms with van der Waals surface area (Å²) >= 11 is 5.51. The predicted molar refractivity (Wildman–Crippen MR) is 87.5 cm³/mol. The molecule has 20 heavy (non-hydrogen) atoms. The molecule has 1 N–H and O–H groups in total. The van der Waals surface area contributed by atoms with Crippen LogP contribution in [0.25, 0.3) is 11.3 Å². The molecule has 3 nitrogen and oxygen atoms in total. The minimum absolute atomic E-state index is 0.360. The molecule has 0 spiro atoms. The largest absolute Gasteiger partial charge is 0.337 e. The van der Waals surface area contributed by atoms with Crippen molar-refractivity contribution >= 4 is 12.2 Å². The highest BCUT2D eigenvalue weighted by Crippen LogP contribution is 2.27. The summed E-state index contributed by atoms with van der Waals surface area (Å²) in [5, 5.41) is 0. The van der Waals surface area contributed by atoms with Crippen LogP contribution in [0.5, 0.6) is 0 Å². The van der Waals surface area contributed by atoms with Gasteiger partial charge in [0.15, 0.2) is 4.77 Å². The molecule has 0 radical (unpaired) electrons. The van der Waals surface area contributed by atoms with Crippen LogP contribution in [0.15, 0.2) is 36.5 Å². The zero-order valence-electron chi connectivity index (χ0n) is 12.6. The van der Waals surface area contributed by atoms with Gasteiger partial charge in [0, 0.05) is 12.7 Å². The first-order valence-electron chi connectivity index (χ1n) is 7.00. The Bertz CT molecular complexity index is 596. The first-order valence-corrected chi connectivity index (χ1v) is 7.41. The van der Waals surface area contributed by atoms with Crippen LogP contribution in [0, 0.1) is 10.7 Å². The Morgan fingerprint density at radius 3 is 2.40 bits per heavy atom. The molecule has 2 aromatic rings. The van der Waals surface area contributed by atoms with E-state index >= 15 is 0 Å². The molecule has 0 aliphatic carbocycles. The predicted octanol–water partition coefficient (Wildman–Crippen LogP) is 3.97. The van der Waals surface area contributed by atoms with Gasteiger partial charge in [0.25, 0.3) is 0 Å². The summed E-state index contributed by atoms with van der Waals surface area (Å²) < 4.78 is 3.06. The van der Waals surface area contributed by atoms with Crippen LogP contribution in [0.1, 0.15) is 19.9 Å². The normalized spacial score (nSPS) is 13.1. The van der Waals surface area contributed by atoms with Crippen LogP contribution in [-0.2, 0) is 0 Å². The summed E-state index contributed by atoms with van der Waals surface area (Å²) in [5.41, 5.74) is 2.36. The van der Waals surface area contributed by atoms with Crippen LogP contribution in [0.4, 0.5) is 0 Å². The lowest BCUT2D eigenvalue weighted by Gasteiger charge is -2.27. The fourth-order valence-corrected chi connectivity index (χ4v) is 2.80. The second-order valence-electron chi connectivity index (χ2n) is 5.79. The Balaban J connectivity index is 2.50. The van der Waals surface area contributed by atoms with Crippen molar-refractivity contribution in [3.05, 3.63) is 41.3 Å². The third kappa shape index (κ3) is 3.19. The van der Waals surface area contributed by atoms with Crippen LogP contribution in [-0.4, -0.2) is 35.1 Å². The van der Waals surface area contributed by atoms with E-state index in [2.05, 4.69) is 66.7 Å². The third-order valence-corrected chi connectivity index (χ3v) is 3.85. The Kier molecular flexibility index (Phi) is 4.78. The van der Waals surface area contributed by atoms with Crippen molar-refractivity contribution in [1.29, 1.82) is 0 Å². The topological polar surface area (TPSA) is 24.0 Å². The number of benzene rings is 1. The highest BCUT2D eigenvalue weighted by molar-refractivity contribution is 7.71. The molecule has 1 atom stereocenters. The van der Waals surface area contributed by atoms with Gasteiger partial charge in [-0.25, -0.2) is 0 Å². The van der Waals surface area contributed by atoms with Gasteiger partial charge in [0.2, 0.25) is 0 Å². The maximum atomic E-state index is 5.51. The maximum Gasteiger partial charge on any atom is 0.177 e. The first-order chi connectivity index (χ1) is 9.50. The van der Waals surface area contributed by atoms with Crippen molar-refractivity contribution < 1.29 is 0 Å². The molecule has 0 saturated heterocycles. The number of H-pyrrole nitrogens is 1. The molecule has 0 aliphatic heterocycles. The van der Waals surface area contributed by atoms with Crippen molar-refractivity contribution in [1.82, 2.24) is 14.5 Å². The van der Waals surface area contributed by atoms with E-state index in [1.807, 2.05) is 12.3 Å². The number of rotatable bonds is 5. The second kappa shape index (κ2) is 6.37. The molecule has 2 rings (SSSR count). The number of hydrogen-bond acceptors (Lipinski definition) is 2. The number of aromatic amines is 1. The van der Waals surface area contributed by atoms with Gasteiger partial charge in [-0.3, -0.25) is 0 Å². The molecule has 1 unspecified atom stereocenters. The highest BCUT2D eigenvalue weighted by atomic mass is 32.1. The summed E-state index contributed by atoms with van der Waals surface area (Å²) in [6.07, 6.45) is 2.02. The van der Waals surface area contributed by atoms with Crippen LogP contribution in [0.3, 0.4) is 0 Å². The van der Waals surface area contributed by atoms with E-state index in [-0.39, 0.29) is 0 Å². The third-order valence-electron chi connectivity index (χ3n) is 3.53. The fourth-order valence-electron chi connectivity index (χ4n) is 2.50. The molecular formula is C16H23N3S. The van der Waals surface area contributed by atoms with Crippen molar-refractivity contribution in [3.8, 4) is 11.3 Å². The number of likely N-dealkylation sites (N-methyl/N-ethyl adjacent to an activating group) is 1. The highest BCUT2D eigenvalue weighted by Gasteiger charge is 2.20. The van der Waals surface area contributed by atoms with Crippen molar-refractivity contribution in [2.75, 3.05) is 20.6 Å². The van der Waals surface area contributed by atoms with Gasteiger partial charge in [-0.1, -0.05) is 44.2 Å². The van der Waals surface area contributed by atoms with Crippen molar-refractivity contribution in [2.24, 2.45) is 5.92 Å². The van der Waals surface area contributed by atoms with E-state index in [0.29, 0.717) is 12.0 Å². The lowest BCUT2D eigenvalue weighted by atomic mass is 10.0. The van der Waals surface area contributed by atoms with Gasteiger partial charge in [0.1, 0.15) is 0 Å². The minimum Gasteiger partial charge on any atom is -0.337 e. The van der Waals surface area contributed by atoms with Gasteiger partial charge >= 0.3 is 0 Å². The molecule has 1 aromatic carbocycles. The fraction of sp³-hybridized carbons (Fsp3) is 0.438. The van der Waals surface area contributed by atoms with Gasteiger partial charge < -0.3 is 14.5 Å². The Morgan fingerprint density at radius 1 is 1.20 bits per heavy atom. The zero-order valence-corrected chi connectivity index (χ0v) is 13.4. The van der Waals surface area contributed by atoms with Gasteiger partial charge in [0.05, 0.1) is 11.7 Å². The second-order valence-corrected chi connectivity index (χ2v) is 6.18. The average molecular weight is 289 g/mol. The SMILES string of the molecule is CC(C)C(CN(C)C)n1c(-c2ccccc2)c[nH]c1=S. The quantitative estimate of drug-likeness (QED) is 0.842. The lowest BCUT2D eigenvalue weighted by Crippen LogP contribution is -2.28. The lowest BCUT2D eigenvalue weighted by molar-refractivity contribution is 0.269. The van der Waals surface area contributed by atoms with E-state index in [9.17, 15) is 0 Å². The monoisotopic (exact) mass is 289 g/mol. The Hall–Kier alpha value is -1.39. The standard InChI is InChI=1S/C16H23N3S/c1-12(2)15(11-18(3)4)19-14(10-17-16(19)20)13-8-6-5-7-9-13/h5-10,12,15H,11H2,1-4H3,(H,17,20). The van der Waals surface area contributed by atoms with E-state index < -0.39 is 0 Å². The van der Waals surface area contributed by atoms with E-state index in [0.717, 1.165) is 17.0 Å². The van der Waals surface area contributed by atoms with Crippen molar-refractivity contribution in [3.63, 3.8) is 0 Å². The Labute approximate surface area is 126 Å². The number of hydrogen-bond donors (Lipinski definition) is 1. The number of imidazole rings is 1. The van der Waals surface area contributed by atoms with E-state index in [1.165, 1.54) is 5.56 Å². The summed E-state index contributed by atoms with van der Waals surface area (Å²) in [7, 11) is 4.21. The van der Waals surface area contributed by atoms with Gasteiger partial charge in [-0.15, -0.1) is 0 Å². The number of nitrogens with one attached hydrogen (secondary N) is 1. The average Bonchev–Trinajstić information content (AvgIpc) is 2.78. The molecule has 0 aliphatic rings.